The van der Waals surface area contributed by atoms with Gasteiger partial charge in [0.1, 0.15) is 0 Å². The van der Waals surface area contributed by atoms with Crippen molar-refractivity contribution in [2.75, 3.05) is 6.54 Å². The Hall–Kier alpha value is -1.03. The molecule has 98 valence electrons. The fourth-order valence-electron chi connectivity index (χ4n) is 1.66. The standard InChI is InChI=1S/C13H24N2O2/c1-13(2,3)11(16)9-14-12(17)15-10-7-5-4-6-8-10/h4-5,10-11,16H,6-9H2,1-3H3,(H2,14,15,17). The molecule has 0 heterocycles. The van der Waals surface area contributed by atoms with E-state index < -0.39 is 6.10 Å². The maximum Gasteiger partial charge on any atom is 0.315 e. The van der Waals surface area contributed by atoms with Crippen LogP contribution in [0.4, 0.5) is 4.79 Å². The summed E-state index contributed by atoms with van der Waals surface area (Å²) in [6, 6.07) is 0.0420. The van der Waals surface area contributed by atoms with Crippen molar-refractivity contribution >= 4 is 6.03 Å². The molecule has 1 aliphatic rings. The average molecular weight is 240 g/mol. The maximum absolute atomic E-state index is 11.6. The van der Waals surface area contributed by atoms with Crippen molar-refractivity contribution in [1.29, 1.82) is 0 Å². The number of hydrogen-bond acceptors (Lipinski definition) is 2. The van der Waals surface area contributed by atoms with Crippen LogP contribution in [0, 0.1) is 5.41 Å². The zero-order valence-corrected chi connectivity index (χ0v) is 11.0. The summed E-state index contributed by atoms with van der Waals surface area (Å²) in [6.07, 6.45) is 6.62. The number of carbonyl (C=O) groups is 1. The van der Waals surface area contributed by atoms with Gasteiger partial charge < -0.3 is 15.7 Å². The number of urea groups is 1. The van der Waals surface area contributed by atoms with Gasteiger partial charge in [-0.2, -0.15) is 0 Å². The number of rotatable bonds is 3. The Kier molecular flexibility index (Phi) is 5.00. The Morgan fingerprint density at radius 1 is 1.47 bits per heavy atom. The minimum absolute atomic E-state index is 0.186. The molecule has 0 aromatic rings. The fourth-order valence-corrected chi connectivity index (χ4v) is 1.66. The van der Waals surface area contributed by atoms with Gasteiger partial charge >= 0.3 is 6.03 Å². The second kappa shape index (κ2) is 6.05. The molecule has 2 amide bonds. The van der Waals surface area contributed by atoms with Crippen LogP contribution in [-0.4, -0.2) is 29.8 Å². The predicted octanol–water partition coefficient (Wildman–Crippen LogP) is 1.80. The lowest BCUT2D eigenvalue weighted by Gasteiger charge is -2.26. The van der Waals surface area contributed by atoms with E-state index in [2.05, 4.69) is 22.8 Å². The molecule has 0 aliphatic heterocycles. The Morgan fingerprint density at radius 3 is 2.71 bits per heavy atom. The number of nitrogens with one attached hydrogen (secondary N) is 2. The highest BCUT2D eigenvalue weighted by molar-refractivity contribution is 5.74. The summed E-state index contributed by atoms with van der Waals surface area (Å²) in [7, 11) is 0. The van der Waals surface area contributed by atoms with E-state index in [1.165, 1.54) is 0 Å². The van der Waals surface area contributed by atoms with Crippen molar-refractivity contribution in [2.24, 2.45) is 5.41 Å². The number of allylic oxidation sites excluding steroid dienone is 1. The first-order chi connectivity index (χ1) is 7.89. The molecule has 0 spiro atoms. The second-order valence-corrected chi connectivity index (χ2v) is 5.72. The molecule has 0 fully saturated rings. The molecule has 0 aromatic heterocycles. The lowest BCUT2D eigenvalue weighted by atomic mass is 9.89. The number of carbonyl (C=O) groups excluding carboxylic acids is 1. The van der Waals surface area contributed by atoms with Crippen molar-refractivity contribution in [3.05, 3.63) is 12.2 Å². The smallest absolute Gasteiger partial charge is 0.315 e. The molecule has 17 heavy (non-hydrogen) atoms. The van der Waals surface area contributed by atoms with E-state index in [9.17, 15) is 9.90 Å². The highest BCUT2D eigenvalue weighted by atomic mass is 16.3. The average Bonchev–Trinajstić information content (AvgIpc) is 2.26. The number of aliphatic hydroxyl groups is 1. The molecule has 2 unspecified atom stereocenters. The van der Waals surface area contributed by atoms with Crippen LogP contribution in [-0.2, 0) is 0 Å². The summed E-state index contributed by atoms with van der Waals surface area (Å²) < 4.78 is 0. The fraction of sp³-hybridized carbons (Fsp3) is 0.769. The Labute approximate surface area is 103 Å². The third-order valence-electron chi connectivity index (χ3n) is 3.06. The molecule has 1 rings (SSSR count). The molecule has 2 atom stereocenters. The summed E-state index contributed by atoms with van der Waals surface area (Å²) >= 11 is 0. The molecule has 1 aliphatic carbocycles. The minimum atomic E-state index is -0.528. The van der Waals surface area contributed by atoms with Gasteiger partial charge in [0.05, 0.1) is 6.10 Å². The van der Waals surface area contributed by atoms with Gasteiger partial charge in [-0.25, -0.2) is 4.79 Å². The Morgan fingerprint density at radius 2 is 2.18 bits per heavy atom. The van der Waals surface area contributed by atoms with Gasteiger partial charge in [0, 0.05) is 12.6 Å². The van der Waals surface area contributed by atoms with Crippen LogP contribution in [0.3, 0.4) is 0 Å². The monoisotopic (exact) mass is 240 g/mol. The van der Waals surface area contributed by atoms with E-state index in [0.29, 0.717) is 0 Å². The van der Waals surface area contributed by atoms with Crippen LogP contribution in [0.5, 0.6) is 0 Å². The first-order valence-corrected chi connectivity index (χ1v) is 6.27. The summed E-state index contributed by atoms with van der Waals surface area (Å²) in [4.78, 5) is 11.6. The lowest BCUT2D eigenvalue weighted by Crippen LogP contribution is -2.46. The Balaban J connectivity index is 2.23. The molecule has 0 bridgehead atoms. The summed E-state index contributed by atoms with van der Waals surface area (Å²) in [5.74, 6) is 0. The first-order valence-electron chi connectivity index (χ1n) is 6.27. The van der Waals surface area contributed by atoms with Gasteiger partial charge in [0.2, 0.25) is 0 Å². The number of aliphatic hydroxyl groups excluding tert-OH is 1. The van der Waals surface area contributed by atoms with Gasteiger partial charge in [-0.05, 0) is 24.7 Å². The number of hydrogen-bond donors (Lipinski definition) is 3. The minimum Gasteiger partial charge on any atom is -0.391 e. The summed E-state index contributed by atoms with van der Waals surface area (Å²) in [6.45, 7) is 6.13. The van der Waals surface area contributed by atoms with E-state index in [0.717, 1.165) is 19.3 Å². The van der Waals surface area contributed by atoms with E-state index in [1.807, 2.05) is 20.8 Å². The highest BCUT2D eigenvalue weighted by Crippen LogP contribution is 2.18. The van der Waals surface area contributed by atoms with E-state index in [4.69, 9.17) is 0 Å². The van der Waals surface area contributed by atoms with Crippen molar-refractivity contribution in [1.82, 2.24) is 10.6 Å². The third-order valence-corrected chi connectivity index (χ3v) is 3.06. The van der Waals surface area contributed by atoms with Crippen LogP contribution in [0.25, 0.3) is 0 Å². The van der Waals surface area contributed by atoms with Crippen LogP contribution in [0.15, 0.2) is 12.2 Å². The highest BCUT2D eigenvalue weighted by Gasteiger charge is 2.22. The van der Waals surface area contributed by atoms with Gasteiger partial charge in [0.15, 0.2) is 0 Å². The topological polar surface area (TPSA) is 61.4 Å². The van der Waals surface area contributed by atoms with Crippen molar-refractivity contribution in [3.63, 3.8) is 0 Å². The predicted molar refractivity (Wildman–Crippen MR) is 68.8 cm³/mol. The molecule has 3 N–H and O–H groups in total. The zero-order chi connectivity index (χ0) is 12.9. The van der Waals surface area contributed by atoms with Crippen LogP contribution < -0.4 is 10.6 Å². The van der Waals surface area contributed by atoms with Crippen molar-refractivity contribution in [3.8, 4) is 0 Å². The molecular weight excluding hydrogens is 216 g/mol. The number of amides is 2. The summed E-state index contributed by atoms with van der Waals surface area (Å²) in [5.41, 5.74) is -0.207. The van der Waals surface area contributed by atoms with Crippen molar-refractivity contribution in [2.45, 2.75) is 52.2 Å². The zero-order valence-electron chi connectivity index (χ0n) is 11.0. The second-order valence-electron chi connectivity index (χ2n) is 5.72. The van der Waals surface area contributed by atoms with Crippen molar-refractivity contribution < 1.29 is 9.90 Å². The maximum atomic E-state index is 11.6. The first kappa shape index (κ1) is 14.0. The van der Waals surface area contributed by atoms with E-state index >= 15 is 0 Å². The molecule has 0 saturated carbocycles. The third kappa shape index (κ3) is 5.22. The molecular formula is C13H24N2O2. The lowest BCUT2D eigenvalue weighted by molar-refractivity contribution is 0.0649. The normalized spacial score (nSPS) is 22.0. The largest absolute Gasteiger partial charge is 0.391 e. The molecule has 0 saturated heterocycles. The molecule has 4 heteroatoms. The van der Waals surface area contributed by atoms with Gasteiger partial charge in [-0.15, -0.1) is 0 Å². The molecule has 0 radical (unpaired) electrons. The molecule has 0 aromatic carbocycles. The summed E-state index contributed by atoms with van der Waals surface area (Å²) in [5, 5.41) is 15.4. The van der Waals surface area contributed by atoms with Crippen LogP contribution in [0.2, 0.25) is 0 Å². The van der Waals surface area contributed by atoms with Crippen LogP contribution >= 0.6 is 0 Å². The van der Waals surface area contributed by atoms with Gasteiger partial charge in [-0.1, -0.05) is 32.9 Å². The van der Waals surface area contributed by atoms with E-state index in [-0.39, 0.29) is 24.0 Å². The van der Waals surface area contributed by atoms with Gasteiger partial charge in [0.25, 0.3) is 0 Å². The van der Waals surface area contributed by atoms with Crippen LogP contribution in [0.1, 0.15) is 40.0 Å². The quantitative estimate of drug-likeness (QED) is 0.659. The Bertz CT molecular complexity index is 282. The molecule has 4 nitrogen and oxygen atoms in total. The van der Waals surface area contributed by atoms with E-state index in [1.54, 1.807) is 0 Å². The SMILES string of the molecule is CC(C)(C)C(O)CNC(=O)NC1CC=CCC1. The van der Waals surface area contributed by atoms with Gasteiger partial charge in [-0.3, -0.25) is 0 Å².